The molecular weight excluding hydrogens is 296 g/mol. The van der Waals surface area contributed by atoms with Crippen LogP contribution >= 0.6 is 15.9 Å². The molecule has 0 radical (unpaired) electrons. The number of halogens is 1. The predicted molar refractivity (Wildman–Crippen MR) is 74.5 cm³/mol. The fraction of sp³-hybridized carbons (Fsp3) is 0.462. The Morgan fingerprint density at radius 2 is 2.33 bits per heavy atom. The van der Waals surface area contributed by atoms with Crippen LogP contribution < -0.4 is 11.1 Å². The van der Waals surface area contributed by atoms with Gasteiger partial charge in [-0.25, -0.2) is 0 Å². The highest BCUT2D eigenvalue weighted by atomic mass is 79.9. The van der Waals surface area contributed by atoms with Crippen molar-refractivity contribution >= 4 is 27.5 Å². The number of anilines is 1. The van der Waals surface area contributed by atoms with E-state index in [4.69, 9.17) is 10.5 Å². The molecule has 0 aromatic heterocycles. The summed E-state index contributed by atoms with van der Waals surface area (Å²) in [7, 11) is 0. The third kappa shape index (κ3) is 3.46. The molecule has 3 N–H and O–H groups in total. The summed E-state index contributed by atoms with van der Waals surface area (Å²) in [6.45, 7) is 1.34. The van der Waals surface area contributed by atoms with Crippen molar-refractivity contribution < 1.29 is 9.53 Å². The molecule has 1 aliphatic rings. The zero-order valence-corrected chi connectivity index (χ0v) is 11.7. The average Bonchev–Trinajstić information content (AvgIpc) is 2.40. The second-order valence-corrected chi connectivity index (χ2v) is 5.35. The third-order valence-electron chi connectivity index (χ3n) is 3.02. The Hall–Kier alpha value is -1.07. The molecule has 18 heavy (non-hydrogen) atoms. The first kappa shape index (κ1) is 13.4. The van der Waals surface area contributed by atoms with Crippen molar-refractivity contribution in [2.24, 2.45) is 0 Å². The molecule has 1 aromatic carbocycles. The third-order valence-corrected chi connectivity index (χ3v) is 3.52. The van der Waals surface area contributed by atoms with Crippen LogP contribution in [0, 0.1) is 0 Å². The van der Waals surface area contributed by atoms with Crippen LogP contribution in [-0.2, 0) is 4.74 Å². The molecule has 1 aromatic rings. The quantitative estimate of drug-likeness (QED) is 0.842. The van der Waals surface area contributed by atoms with Crippen molar-refractivity contribution in [2.45, 2.75) is 25.4 Å². The van der Waals surface area contributed by atoms with Crippen molar-refractivity contribution in [3.05, 3.63) is 28.2 Å². The molecule has 0 spiro atoms. The van der Waals surface area contributed by atoms with E-state index in [0.717, 1.165) is 23.9 Å². The standard InChI is InChI=1S/C13H17BrN2O2/c14-9-4-5-12(15)11(7-9)13(17)16-8-10-3-1-2-6-18-10/h4-5,7,10H,1-3,6,8,15H2,(H,16,17). The summed E-state index contributed by atoms with van der Waals surface area (Å²) in [5.74, 6) is -0.150. The molecule has 0 bridgehead atoms. The van der Waals surface area contributed by atoms with E-state index in [1.807, 2.05) is 6.07 Å². The fourth-order valence-electron chi connectivity index (χ4n) is 2.00. The summed E-state index contributed by atoms with van der Waals surface area (Å²) in [6, 6.07) is 5.26. The van der Waals surface area contributed by atoms with Crippen LogP contribution in [0.2, 0.25) is 0 Å². The molecule has 1 fully saturated rings. The minimum atomic E-state index is -0.150. The number of hydrogen-bond donors (Lipinski definition) is 2. The molecular formula is C13H17BrN2O2. The van der Waals surface area contributed by atoms with Crippen molar-refractivity contribution in [1.82, 2.24) is 5.32 Å². The first-order valence-corrected chi connectivity index (χ1v) is 6.91. The van der Waals surface area contributed by atoms with E-state index in [0.29, 0.717) is 17.8 Å². The number of nitrogens with two attached hydrogens (primary N) is 1. The second kappa shape index (κ2) is 6.20. The summed E-state index contributed by atoms with van der Waals surface area (Å²) >= 11 is 3.33. The van der Waals surface area contributed by atoms with Crippen LogP contribution in [0.25, 0.3) is 0 Å². The number of nitrogens with one attached hydrogen (secondary N) is 1. The molecule has 1 amide bonds. The van der Waals surface area contributed by atoms with Gasteiger partial charge in [0.1, 0.15) is 0 Å². The van der Waals surface area contributed by atoms with Gasteiger partial charge < -0.3 is 15.8 Å². The Kier molecular flexibility index (Phi) is 4.60. The number of rotatable bonds is 3. The SMILES string of the molecule is Nc1ccc(Br)cc1C(=O)NCC1CCCCO1. The van der Waals surface area contributed by atoms with Crippen LogP contribution in [0.15, 0.2) is 22.7 Å². The fourth-order valence-corrected chi connectivity index (χ4v) is 2.36. The van der Waals surface area contributed by atoms with Crippen molar-refractivity contribution in [2.75, 3.05) is 18.9 Å². The number of amides is 1. The van der Waals surface area contributed by atoms with Gasteiger partial charge in [-0.05, 0) is 37.5 Å². The molecule has 2 rings (SSSR count). The largest absolute Gasteiger partial charge is 0.398 e. The van der Waals surface area contributed by atoms with Gasteiger partial charge in [0.15, 0.2) is 0 Å². The van der Waals surface area contributed by atoms with Gasteiger partial charge in [0.25, 0.3) is 5.91 Å². The Morgan fingerprint density at radius 1 is 1.50 bits per heavy atom. The summed E-state index contributed by atoms with van der Waals surface area (Å²) in [5.41, 5.74) is 6.77. The molecule has 98 valence electrons. The molecule has 0 aliphatic carbocycles. The minimum absolute atomic E-state index is 0.135. The molecule has 0 saturated carbocycles. The highest BCUT2D eigenvalue weighted by molar-refractivity contribution is 9.10. The van der Waals surface area contributed by atoms with Crippen LogP contribution in [0.4, 0.5) is 5.69 Å². The van der Waals surface area contributed by atoms with Gasteiger partial charge >= 0.3 is 0 Å². The van der Waals surface area contributed by atoms with Gasteiger partial charge in [0.2, 0.25) is 0 Å². The normalized spacial score (nSPS) is 19.5. The monoisotopic (exact) mass is 312 g/mol. The number of benzene rings is 1. The highest BCUT2D eigenvalue weighted by Crippen LogP contribution is 2.18. The van der Waals surface area contributed by atoms with E-state index in [1.54, 1.807) is 12.1 Å². The van der Waals surface area contributed by atoms with E-state index >= 15 is 0 Å². The lowest BCUT2D eigenvalue weighted by atomic mass is 10.1. The molecule has 4 nitrogen and oxygen atoms in total. The smallest absolute Gasteiger partial charge is 0.253 e. The van der Waals surface area contributed by atoms with Crippen molar-refractivity contribution in [1.29, 1.82) is 0 Å². The topological polar surface area (TPSA) is 64.4 Å². The lowest BCUT2D eigenvalue weighted by Gasteiger charge is -2.22. The predicted octanol–water partition coefficient (Wildman–Crippen LogP) is 2.33. The number of hydrogen-bond acceptors (Lipinski definition) is 3. The van der Waals surface area contributed by atoms with E-state index in [9.17, 15) is 4.79 Å². The number of carbonyl (C=O) groups is 1. The van der Waals surface area contributed by atoms with Crippen LogP contribution in [0.1, 0.15) is 29.6 Å². The highest BCUT2D eigenvalue weighted by Gasteiger charge is 2.16. The van der Waals surface area contributed by atoms with Gasteiger partial charge in [-0.3, -0.25) is 4.79 Å². The zero-order chi connectivity index (χ0) is 13.0. The average molecular weight is 313 g/mol. The van der Waals surface area contributed by atoms with Gasteiger partial charge in [0, 0.05) is 23.3 Å². The molecule has 1 atom stereocenters. The van der Waals surface area contributed by atoms with E-state index in [1.165, 1.54) is 6.42 Å². The van der Waals surface area contributed by atoms with Crippen LogP contribution in [-0.4, -0.2) is 25.2 Å². The second-order valence-electron chi connectivity index (χ2n) is 4.43. The van der Waals surface area contributed by atoms with Gasteiger partial charge in [0.05, 0.1) is 11.7 Å². The van der Waals surface area contributed by atoms with Crippen molar-refractivity contribution in [3.8, 4) is 0 Å². The summed E-state index contributed by atoms with van der Waals surface area (Å²) in [5, 5.41) is 2.87. The Balaban J connectivity index is 1.92. The first-order valence-electron chi connectivity index (χ1n) is 6.11. The number of nitrogen functional groups attached to an aromatic ring is 1. The molecule has 1 aliphatic heterocycles. The van der Waals surface area contributed by atoms with E-state index < -0.39 is 0 Å². The Labute approximate surface area is 115 Å². The summed E-state index contributed by atoms with van der Waals surface area (Å²) in [6.07, 6.45) is 3.42. The van der Waals surface area contributed by atoms with E-state index in [-0.39, 0.29) is 12.0 Å². The zero-order valence-electron chi connectivity index (χ0n) is 10.1. The molecule has 1 unspecified atom stereocenters. The van der Waals surface area contributed by atoms with Crippen molar-refractivity contribution in [3.63, 3.8) is 0 Å². The van der Waals surface area contributed by atoms with Gasteiger partial charge in [-0.2, -0.15) is 0 Å². The minimum Gasteiger partial charge on any atom is -0.398 e. The summed E-state index contributed by atoms with van der Waals surface area (Å²) < 4.78 is 6.41. The molecule has 1 heterocycles. The Morgan fingerprint density at radius 3 is 3.06 bits per heavy atom. The lowest BCUT2D eigenvalue weighted by molar-refractivity contribution is 0.0169. The summed E-state index contributed by atoms with van der Waals surface area (Å²) in [4.78, 5) is 12.0. The van der Waals surface area contributed by atoms with Gasteiger partial charge in [-0.1, -0.05) is 15.9 Å². The lowest BCUT2D eigenvalue weighted by Crippen LogP contribution is -2.35. The molecule has 1 saturated heterocycles. The Bertz CT molecular complexity index is 431. The maximum Gasteiger partial charge on any atom is 0.253 e. The van der Waals surface area contributed by atoms with Gasteiger partial charge in [-0.15, -0.1) is 0 Å². The van der Waals surface area contributed by atoms with E-state index in [2.05, 4.69) is 21.2 Å². The van der Waals surface area contributed by atoms with Crippen LogP contribution in [0.3, 0.4) is 0 Å². The van der Waals surface area contributed by atoms with Crippen LogP contribution in [0.5, 0.6) is 0 Å². The number of carbonyl (C=O) groups excluding carboxylic acids is 1. The maximum atomic E-state index is 12.0. The molecule has 5 heteroatoms. The number of ether oxygens (including phenoxy) is 1. The maximum absolute atomic E-state index is 12.0. The first-order chi connectivity index (χ1) is 8.66.